The summed E-state index contributed by atoms with van der Waals surface area (Å²) in [5.74, 6) is 1.14. The molecule has 25 heavy (non-hydrogen) atoms. The van der Waals surface area contributed by atoms with Crippen molar-refractivity contribution < 1.29 is 14.2 Å². The second-order valence-corrected chi connectivity index (χ2v) is 6.79. The van der Waals surface area contributed by atoms with Crippen molar-refractivity contribution in [3.8, 4) is 5.75 Å². The number of anilines is 1. The van der Waals surface area contributed by atoms with Crippen LogP contribution >= 0.6 is 0 Å². The molecule has 3 rings (SSSR count). The van der Waals surface area contributed by atoms with Gasteiger partial charge in [0.25, 0.3) is 0 Å². The molecule has 1 unspecified atom stereocenters. The molecule has 3 heterocycles. The maximum absolute atomic E-state index is 12.5. The van der Waals surface area contributed by atoms with E-state index >= 15 is 0 Å². The predicted molar refractivity (Wildman–Crippen MR) is 92.9 cm³/mol. The lowest BCUT2D eigenvalue weighted by Crippen LogP contribution is -2.55. The first-order valence-electron chi connectivity index (χ1n) is 8.76. The Morgan fingerprint density at radius 3 is 2.72 bits per heavy atom. The van der Waals surface area contributed by atoms with E-state index < -0.39 is 6.23 Å². The Hall–Kier alpha value is -1.77. The van der Waals surface area contributed by atoms with Gasteiger partial charge in [-0.3, -0.25) is 5.32 Å². The standard InChI is InChI=1S/C17H26FN5O2/c18-8-13(9-19)12-25-14-10-21-16(22-11-14)23-6-3-17(4-7-23)2-1-5-20-15(17)24/h8,10-11,15,20,24H,1-7,9,12,19H2/b13-8+. The predicted octanol–water partition coefficient (Wildman–Crippen LogP) is 0.956. The third-order valence-electron chi connectivity index (χ3n) is 5.27. The molecule has 0 saturated carbocycles. The summed E-state index contributed by atoms with van der Waals surface area (Å²) in [6.45, 7) is 2.74. The normalized spacial score (nSPS) is 23.7. The van der Waals surface area contributed by atoms with Crippen LogP contribution in [0.1, 0.15) is 25.7 Å². The first kappa shape index (κ1) is 18.0. The molecular weight excluding hydrogens is 325 g/mol. The van der Waals surface area contributed by atoms with Crippen LogP contribution in [0.3, 0.4) is 0 Å². The lowest BCUT2D eigenvalue weighted by Gasteiger charge is -2.47. The number of aliphatic hydroxyl groups excluding tert-OH is 1. The van der Waals surface area contributed by atoms with E-state index in [-0.39, 0.29) is 18.6 Å². The highest BCUT2D eigenvalue weighted by Gasteiger charge is 2.42. The van der Waals surface area contributed by atoms with Crippen LogP contribution in [0.25, 0.3) is 0 Å². The van der Waals surface area contributed by atoms with Gasteiger partial charge >= 0.3 is 0 Å². The lowest BCUT2D eigenvalue weighted by molar-refractivity contribution is -0.0436. The third kappa shape index (κ3) is 4.08. The van der Waals surface area contributed by atoms with Gasteiger partial charge in [0.15, 0.2) is 5.75 Å². The summed E-state index contributed by atoms with van der Waals surface area (Å²) in [5.41, 5.74) is 5.75. The average Bonchev–Trinajstić information content (AvgIpc) is 2.66. The van der Waals surface area contributed by atoms with Crippen LogP contribution in [0, 0.1) is 5.41 Å². The van der Waals surface area contributed by atoms with Gasteiger partial charge in [-0.15, -0.1) is 0 Å². The molecule has 1 aromatic rings. The molecule has 2 aliphatic rings. The number of ether oxygens (including phenoxy) is 1. The minimum absolute atomic E-state index is 0.0187. The van der Waals surface area contributed by atoms with Gasteiger partial charge in [-0.25, -0.2) is 14.4 Å². The maximum atomic E-state index is 12.5. The van der Waals surface area contributed by atoms with E-state index in [1.807, 2.05) is 0 Å². The molecular formula is C17H26FN5O2. The number of halogens is 1. The summed E-state index contributed by atoms with van der Waals surface area (Å²) in [5, 5.41) is 13.5. The highest BCUT2D eigenvalue weighted by molar-refractivity contribution is 5.32. The number of hydrogen-bond donors (Lipinski definition) is 3. The van der Waals surface area contributed by atoms with Crippen LogP contribution in [0.4, 0.5) is 10.3 Å². The molecule has 7 nitrogen and oxygen atoms in total. The first-order chi connectivity index (χ1) is 12.2. The van der Waals surface area contributed by atoms with Crippen molar-refractivity contribution in [2.24, 2.45) is 11.1 Å². The zero-order valence-electron chi connectivity index (χ0n) is 14.3. The van der Waals surface area contributed by atoms with E-state index in [1.54, 1.807) is 12.4 Å². The van der Waals surface area contributed by atoms with Gasteiger partial charge in [0.2, 0.25) is 5.95 Å². The molecule has 0 radical (unpaired) electrons. The number of nitrogens with two attached hydrogens (primary N) is 1. The van der Waals surface area contributed by atoms with Gasteiger partial charge in [-0.1, -0.05) is 0 Å². The number of aliphatic hydroxyl groups is 1. The summed E-state index contributed by atoms with van der Waals surface area (Å²) in [6.07, 6.45) is 7.25. The molecule has 8 heteroatoms. The number of aromatic nitrogens is 2. The average molecular weight is 351 g/mol. The largest absolute Gasteiger partial charge is 0.486 e. The van der Waals surface area contributed by atoms with Crippen molar-refractivity contribution in [1.29, 1.82) is 0 Å². The Bertz CT molecular complexity index is 587. The zero-order chi connectivity index (χ0) is 17.7. The second-order valence-electron chi connectivity index (χ2n) is 6.79. The third-order valence-corrected chi connectivity index (χ3v) is 5.27. The SMILES string of the molecule is NC/C(=C\F)COc1cnc(N2CCC3(CCCNC3O)CC2)nc1. The topological polar surface area (TPSA) is 96.5 Å². The van der Waals surface area contributed by atoms with E-state index in [2.05, 4.69) is 20.2 Å². The van der Waals surface area contributed by atoms with Crippen LogP contribution in [0.2, 0.25) is 0 Å². The smallest absolute Gasteiger partial charge is 0.225 e. The number of nitrogens with zero attached hydrogens (tertiary/aromatic N) is 3. The minimum atomic E-state index is -0.416. The molecule has 1 atom stereocenters. The van der Waals surface area contributed by atoms with E-state index in [9.17, 15) is 9.50 Å². The molecule has 138 valence electrons. The number of hydrogen-bond acceptors (Lipinski definition) is 7. The first-order valence-corrected chi connectivity index (χ1v) is 8.76. The summed E-state index contributed by atoms with van der Waals surface area (Å²) >= 11 is 0. The molecule has 0 aromatic carbocycles. The van der Waals surface area contributed by atoms with Crippen LogP contribution in [0.5, 0.6) is 5.75 Å². The Kier molecular flexibility index (Phi) is 5.82. The summed E-state index contributed by atoms with van der Waals surface area (Å²) in [7, 11) is 0. The Balaban J connectivity index is 1.55. The van der Waals surface area contributed by atoms with Crippen LogP contribution in [-0.2, 0) is 0 Å². The lowest BCUT2D eigenvalue weighted by atomic mass is 9.71. The molecule has 2 fully saturated rings. The van der Waals surface area contributed by atoms with Gasteiger partial charge < -0.3 is 20.5 Å². The van der Waals surface area contributed by atoms with E-state index in [4.69, 9.17) is 10.5 Å². The van der Waals surface area contributed by atoms with E-state index in [0.717, 1.165) is 45.3 Å². The summed E-state index contributed by atoms with van der Waals surface area (Å²) in [6, 6.07) is 0. The fourth-order valence-corrected chi connectivity index (χ4v) is 3.57. The molecule has 0 bridgehead atoms. The number of rotatable bonds is 5. The summed E-state index contributed by atoms with van der Waals surface area (Å²) < 4.78 is 17.9. The molecule has 0 aliphatic carbocycles. The van der Waals surface area contributed by atoms with Crippen LogP contribution in [-0.4, -0.2) is 54.1 Å². The van der Waals surface area contributed by atoms with Gasteiger partial charge in [-0.05, 0) is 32.2 Å². The molecule has 1 aromatic heterocycles. The van der Waals surface area contributed by atoms with Crippen molar-refractivity contribution in [3.05, 3.63) is 24.3 Å². The van der Waals surface area contributed by atoms with Gasteiger partial charge in [0.1, 0.15) is 12.8 Å². The Morgan fingerprint density at radius 2 is 2.12 bits per heavy atom. The van der Waals surface area contributed by atoms with Gasteiger partial charge in [0, 0.05) is 30.6 Å². The van der Waals surface area contributed by atoms with Gasteiger partial charge in [0.05, 0.1) is 18.7 Å². The van der Waals surface area contributed by atoms with E-state index in [0.29, 0.717) is 23.6 Å². The van der Waals surface area contributed by atoms with Crippen molar-refractivity contribution in [2.45, 2.75) is 31.9 Å². The molecule has 4 N–H and O–H groups in total. The quantitative estimate of drug-likeness (QED) is 0.727. The highest BCUT2D eigenvalue weighted by atomic mass is 19.1. The fraction of sp³-hybridized carbons (Fsp3) is 0.647. The molecule has 2 saturated heterocycles. The van der Waals surface area contributed by atoms with Crippen molar-refractivity contribution in [1.82, 2.24) is 15.3 Å². The molecule has 0 amide bonds. The number of nitrogens with one attached hydrogen (secondary N) is 1. The molecule has 2 aliphatic heterocycles. The fourth-order valence-electron chi connectivity index (χ4n) is 3.57. The Labute approximate surface area is 147 Å². The number of piperidine rings is 2. The van der Waals surface area contributed by atoms with Crippen molar-refractivity contribution in [3.63, 3.8) is 0 Å². The molecule has 1 spiro atoms. The van der Waals surface area contributed by atoms with Crippen LogP contribution in [0.15, 0.2) is 24.3 Å². The van der Waals surface area contributed by atoms with Crippen molar-refractivity contribution >= 4 is 5.95 Å². The minimum Gasteiger partial charge on any atom is -0.486 e. The second kappa shape index (κ2) is 8.07. The summed E-state index contributed by atoms with van der Waals surface area (Å²) in [4.78, 5) is 10.8. The monoisotopic (exact) mass is 351 g/mol. The maximum Gasteiger partial charge on any atom is 0.225 e. The zero-order valence-corrected chi connectivity index (χ0v) is 14.3. The van der Waals surface area contributed by atoms with Crippen molar-refractivity contribution in [2.75, 3.05) is 37.7 Å². The van der Waals surface area contributed by atoms with E-state index in [1.165, 1.54) is 0 Å². The van der Waals surface area contributed by atoms with Crippen LogP contribution < -0.4 is 20.7 Å². The van der Waals surface area contributed by atoms with Gasteiger partial charge in [-0.2, -0.15) is 0 Å². The highest BCUT2D eigenvalue weighted by Crippen LogP contribution is 2.41. The Morgan fingerprint density at radius 1 is 1.40 bits per heavy atom.